The van der Waals surface area contributed by atoms with E-state index in [1.165, 1.54) is 40.8 Å². The molecule has 0 spiro atoms. The van der Waals surface area contributed by atoms with Crippen molar-refractivity contribution >= 4 is 56.4 Å². The van der Waals surface area contributed by atoms with Crippen molar-refractivity contribution in [2.75, 3.05) is 0 Å². The quantitative estimate of drug-likeness (QED) is 0.225. The van der Waals surface area contributed by atoms with E-state index in [0.29, 0.717) is 20.2 Å². The number of nitrogens with zero attached hydrogens (tertiary/aromatic N) is 3. The van der Waals surface area contributed by atoms with Gasteiger partial charge in [0.2, 0.25) is 0 Å². The fourth-order valence-electron chi connectivity index (χ4n) is 5.54. The number of thiazole rings is 2. The predicted molar refractivity (Wildman–Crippen MR) is 162 cm³/mol. The van der Waals surface area contributed by atoms with Gasteiger partial charge in [0.25, 0.3) is 5.56 Å². The van der Waals surface area contributed by atoms with Gasteiger partial charge in [0.15, 0.2) is 14.2 Å². The van der Waals surface area contributed by atoms with Crippen molar-refractivity contribution < 1.29 is 8.81 Å². The van der Waals surface area contributed by atoms with Crippen LogP contribution in [0.2, 0.25) is 0 Å². The largest absolute Gasteiger partial charge is 0.450 e. The first kappa shape index (κ1) is 24.7. The number of hydrogen-bond donors (Lipinski definition) is 0. The SMILES string of the molecule is O=c1/c(=C/c2ccc(Sc3nc4ccccc4s3)o2)sc2n1[C@H](c1ccc(F)cc1)C1=C(N=2)c2ccccc2CC1. The molecule has 1 atom stereocenters. The number of benzene rings is 3. The first-order valence-corrected chi connectivity index (χ1v) is 15.6. The van der Waals surface area contributed by atoms with E-state index in [2.05, 4.69) is 23.2 Å². The summed E-state index contributed by atoms with van der Waals surface area (Å²) in [6.45, 7) is 0. The zero-order valence-corrected chi connectivity index (χ0v) is 23.9. The third kappa shape index (κ3) is 4.32. The van der Waals surface area contributed by atoms with E-state index < -0.39 is 0 Å². The lowest BCUT2D eigenvalue weighted by Crippen LogP contribution is -2.38. The van der Waals surface area contributed by atoms with Gasteiger partial charge in [-0.2, -0.15) is 0 Å². The Morgan fingerprint density at radius 3 is 2.66 bits per heavy atom. The first-order valence-electron chi connectivity index (χ1n) is 13.1. The van der Waals surface area contributed by atoms with Crippen molar-refractivity contribution in [3.63, 3.8) is 0 Å². The highest BCUT2D eigenvalue weighted by Crippen LogP contribution is 2.41. The molecule has 5 nitrogen and oxygen atoms in total. The average molecular weight is 594 g/mol. The molecule has 1 aliphatic heterocycles. The van der Waals surface area contributed by atoms with Gasteiger partial charge in [-0.05, 0) is 77.7 Å². The van der Waals surface area contributed by atoms with Gasteiger partial charge in [0.1, 0.15) is 11.6 Å². The maximum absolute atomic E-state index is 13.9. The van der Waals surface area contributed by atoms with Crippen LogP contribution in [0.15, 0.2) is 114 Å². The molecule has 0 unspecified atom stereocenters. The molecule has 200 valence electrons. The number of halogens is 1. The molecule has 41 heavy (non-hydrogen) atoms. The number of rotatable bonds is 4. The van der Waals surface area contributed by atoms with Crippen LogP contribution in [0.3, 0.4) is 0 Å². The standard InChI is InChI=1S/C32H20FN3O2S3/c33-20-12-9-19(10-13-20)29-23-15-11-18-5-1-2-6-22(18)28(23)35-31-36(29)30(37)26(39-31)17-21-14-16-27(38-21)41-32-34-24-7-3-4-8-25(24)40-32/h1-10,12-14,16-17,29H,11,15H2/b26-17-/t29-/m1/s1. The fraction of sp³-hybridized carbons (Fsp3) is 0.0938. The summed E-state index contributed by atoms with van der Waals surface area (Å²) in [6, 6.07) is 26.2. The number of aryl methyl sites for hydroxylation is 1. The highest BCUT2D eigenvalue weighted by molar-refractivity contribution is 8.01. The van der Waals surface area contributed by atoms with E-state index in [0.717, 1.165) is 49.8 Å². The molecule has 0 fully saturated rings. The molecule has 6 aromatic rings. The summed E-state index contributed by atoms with van der Waals surface area (Å²) in [4.78, 5) is 24.2. The van der Waals surface area contributed by atoms with Crippen LogP contribution < -0.4 is 14.9 Å². The molecule has 2 aliphatic rings. The summed E-state index contributed by atoms with van der Waals surface area (Å²) in [5, 5.41) is 0.708. The molecule has 8 rings (SSSR count). The molecule has 3 aromatic carbocycles. The lowest BCUT2D eigenvalue weighted by molar-refractivity contribution is 0.466. The van der Waals surface area contributed by atoms with E-state index in [4.69, 9.17) is 9.41 Å². The Bertz CT molecular complexity index is 2150. The molecule has 0 bridgehead atoms. The van der Waals surface area contributed by atoms with Gasteiger partial charge >= 0.3 is 0 Å². The normalized spacial score (nSPS) is 16.4. The minimum Gasteiger partial charge on any atom is -0.450 e. The van der Waals surface area contributed by atoms with E-state index in [9.17, 15) is 9.18 Å². The van der Waals surface area contributed by atoms with Crippen LogP contribution in [-0.2, 0) is 6.42 Å². The summed E-state index contributed by atoms with van der Waals surface area (Å²) in [5.74, 6) is 0.285. The predicted octanol–water partition coefficient (Wildman–Crippen LogP) is 6.81. The lowest BCUT2D eigenvalue weighted by atomic mass is 9.83. The second-order valence-corrected chi connectivity index (χ2v) is 13.2. The van der Waals surface area contributed by atoms with Crippen molar-refractivity contribution in [2.24, 2.45) is 4.99 Å². The van der Waals surface area contributed by atoms with Crippen LogP contribution in [0.5, 0.6) is 0 Å². The van der Waals surface area contributed by atoms with Gasteiger partial charge in [-0.1, -0.05) is 59.9 Å². The summed E-state index contributed by atoms with van der Waals surface area (Å²) in [5.41, 5.74) is 6.05. The molecule has 0 N–H and O–H groups in total. The van der Waals surface area contributed by atoms with Crippen LogP contribution in [0.4, 0.5) is 4.39 Å². The Morgan fingerprint density at radius 2 is 1.78 bits per heavy atom. The fourth-order valence-corrected chi connectivity index (χ4v) is 8.49. The second kappa shape index (κ2) is 9.80. The Hall–Kier alpha value is -4.05. The van der Waals surface area contributed by atoms with Gasteiger partial charge in [0.05, 0.1) is 26.5 Å². The molecular formula is C32H20FN3O2S3. The molecular weight excluding hydrogens is 574 g/mol. The molecule has 3 aromatic heterocycles. The van der Waals surface area contributed by atoms with Crippen molar-refractivity contribution in [1.29, 1.82) is 0 Å². The molecule has 9 heteroatoms. The average Bonchev–Trinajstić information content (AvgIpc) is 3.70. The maximum atomic E-state index is 13.9. The second-order valence-electron chi connectivity index (χ2n) is 9.87. The Kier molecular flexibility index (Phi) is 5.91. The van der Waals surface area contributed by atoms with E-state index >= 15 is 0 Å². The summed E-state index contributed by atoms with van der Waals surface area (Å²) >= 11 is 4.43. The van der Waals surface area contributed by atoms with Crippen molar-refractivity contribution in [3.05, 3.63) is 138 Å². The van der Waals surface area contributed by atoms with E-state index in [1.807, 2.05) is 42.5 Å². The Balaban J connectivity index is 1.22. The number of hydrogen-bond acceptors (Lipinski definition) is 7. The summed E-state index contributed by atoms with van der Waals surface area (Å²) < 4.78 is 24.3. The van der Waals surface area contributed by atoms with E-state index in [1.54, 1.807) is 34.1 Å². The van der Waals surface area contributed by atoms with Crippen LogP contribution in [0.25, 0.3) is 22.0 Å². The van der Waals surface area contributed by atoms with Crippen molar-refractivity contribution in [3.8, 4) is 0 Å². The zero-order chi connectivity index (χ0) is 27.5. The monoisotopic (exact) mass is 593 g/mol. The highest BCUT2D eigenvalue weighted by Gasteiger charge is 2.32. The molecule has 0 saturated carbocycles. The van der Waals surface area contributed by atoms with E-state index in [-0.39, 0.29) is 17.4 Å². The van der Waals surface area contributed by atoms with Crippen LogP contribution in [0.1, 0.15) is 34.9 Å². The molecule has 0 radical (unpaired) electrons. The van der Waals surface area contributed by atoms with Gasteiger partial charge in [0, 0.05) is 11.6 Å². The lowest BCUT2D eigenvalue weighted by Gasteiger charge is -2.30. The zero-order valence-electron chi connectivity index (χ0n) is 21.4. The minimum absolute atomic E-state index is 0.134. The summed E-state index contributed by atoms with van der Waals surface area (Å²) in [7, 11) is 0. The van der Waals surface area contributed by atoms with Gasteiger partial charge in [-0.3, -0.25) is 9.36 Å². The third-order valence-corrected chi connectivity index (χ3v) is 10.4. The molecule has 0 saturated heterocycles. The number of aromatic nitrogens is 2. The molecule has 4 heterocycles. The minimum atomic E-state index is -0.348. The Morgan fingerprint density at radius 1 is 0.951 bits per heavy atom. The third-order valence-electron chi connectivity index (χ3n) is 7.40. The smallest absolute Gasteiger partial charge is 0.271 e. The molecule has 1 aliphatic carbocycles. The van der Waals surface area contributed by atoms with Crippen molar-refractivity contribution in [1.82, 2.24) is 9.55 Å². The number of para-hydroxylation sites is 1. The van der Waals surface area contributed by atoms with Crippen LogP contribution in [-0.4, -0.2) is 9.55 Å². The van der Waals surface area contributed by atoms with Crippen molar-refractivity contribution in [2.45, 2.75) is 28.3 Å². The van der Waals surface area contributed by atoms with Crippen LogP contribution in [0, 0.1) is 5.82 Å². The number of allylic oxidation sites excluding steroid dienone is 1. The van der Waals surface area contributed by atoms with Gasteiger partial charge < -0.3 is 4.42 Å². The number of furan rings is 1. The Labute approximate surface area is 245 Å². The summed E-state index contributed by atoms with van der Waals surface area (Å²) in [6.07, 6.45) is 3.44. The maximum Gasteiger partial charge on any atom is 0.271 e. The van der Waals surface area contributed by atoms with Gasteiger partial charge in [-0.25, -0.2) is 14.4 Å². The van der Waals surface area contributed by atoms with Crippen LogP contribution >= 0.6 is 34.4 Å². The number of fused-ring (bicyclic) bond motifs is 4. The first-order chi connectivity index (χ1) is 20.1. The molecule has 0 amide bonds. The highest BCUT2D eigenvalue weighted by atomic mass is 32.2. The topological polar surface area (TPSA) is 60.4 Å². The van der Waals surface area contributed by atoms with Gasteiger partial charge in [-0.15, -0.1) is 11.3 Å².